The van der Waals surface area contributed by atoms with Gasteiger partial charge in [0.15, 0.2) is 5.82 Å². The van der Waals surface area contributed by atoms with E-state index < -0.39 is 12.1 Å². The maximum absolute atomic E-state index is 12.3. The summed E-state index contributed by atoms with van der Waals surface area (Å²) in [5.74, 6) is -0.611. The summed E-state index contributed by atoms with van der Waals surface area (Å²) in [6.45, 7) is 3.95. The second kappa shape index (κ2) is 9.04. The third-order valence-corrected chi connectivity index (χ3v) is 5.53. The minimum Gasteiger partial charge on any atom is -0.475 e. The van der Waals surface area contributed by atoms with E-state index in [2.05, 4.69) is 25.8 Å². The highest BCUT2D eigenvalue weighted by Gasteiger charge is 2.47. The largest absolute Gasteiger partial charge is 0.490 e. The number of carbonyl (C=O) groups excluding carboxylic acids is 1. The average molecular weight is 439 g/mol. The molecule has 1 amide bonds. The Morgan fingerprint density at radius 2 is 1.87 bits per heavy atom. The van der Waals surface area contributed by atoms with Crippen molar-refractivity contribution in [2.45, 2.75) is 44.3 Å². The van der Waals surface area contributed by atoms with Crippen LogP contribution in [0.15, 0.2) is 24.3 Å². The Morgan fingerprint density at radius 3 is 2.32 bits per heavy atom. The van der Waals surface area contributed by atoms with Gasteiger partial charge in [0, 0.05) is 29.6 Å². The minimum absolute atomic E-state index is 0.00620. The predicted molar refractivity (Wildman–Crippen MR) is 105 cm³/mol. The molecule has 168 valence electrons. The van der Waals surface area contributed by atoms with E-state index in [1.165, 1.54) is 19.3 Å². The highest BCUT2D eigenvalue weighted by Crippen LogP contribution is 2.43. The summed E-state index contributed by atoms with van der Waals surface area (Å²) in [7, 11) is 0. The Hall–Kier alpha value is -2.95. The SMILES string of the molecule is CCc1nc(-c2ccc(C(=O)NCC3CC4(CCN4)C3)cc2)n[nH]1.O=C(O)C(F)(F)F. The van der Waals surface area contributed by atoms with Crippen molar-refractivity contribution in [2.75, 3.05) is 13.1 Å². The summed E-state index contributed by atoms with van der Waals surface area (Å²) >= 11 is 0. The van der Waals surface area contributed by atoms with Gasteiger partial charge in [-0.3, -0.25) is 9.89 Å². The highest BCUT2D eigenvalue weighted by atomic mass is 19.4. The Labute approximate surface area is 176 Å². The summed E-state index contributed by atoms with van der Waals surface area (Å²) in [4.78, 5) is 25.6. The number of aromatic amines is 1. The minimum atomic E-state index is -5.08. The number of nitrogens with zero attached hydrogens (tertiary/aromatic N) is 2. The zero-order valence-electron chi connectivity index (χ0n) is 16.9. The summed E-state index contributed by atoms with van der Waals surface area (Å²) < 4.78 is 31.7. The number of H-pyrrole nitrogens is 1. The topological polar surface area (TPSA) is 120 Å². The van der Waals surface area contributed by atoms with Gasteiger partial charge in [-0.2, -0.15) is 18.3 Å². The lowest BCUT2D eigenvalue weighted by Crippen LogP contribution is -2.65. The molecule has 2 heterocycles. The number of carboxylic acid groups (broad SMARTS) is 1. The molecule has 1 aromatic heterocycles. The van der Waals surface area contributed by atoms with Gasteiger partial charge in [-0.15, -0.1) is 0 Å². The van der Waals surface area contributed by atoms with Gasteiger partial charge in [0.05, 0.1) is 0 Å². The number of aromatic nitrogens is 3. The molecule has 0 atom stereocenters. The number of amides is 1. The smallest absolute Gasteiger partial charge is 0.475 e. The van der Waals surface area contributed by atoms with Crippen molar-refractivity contribution >= 4 is 11.9 Å². The van der Waals surface area contributed by atoms with Gasteiger partial charge in [-0.1, -0.05) is 19.1 Å². The van der Waals surface area contributed by atoms with Crippen LogP contribution in [0.1, 0.15) is 42.4 Å². The number of rotatable bonds is 5. The Kier molecular flexibility index (Phi) is 6.63. The van der Waals surface area contributed by atoms with Crippen LogP contribution in [0.25, 0.3) is 11.4 Å². The van der Waals surface area contributed by atoms with E-state index in [0.29, 0.717) is 22.8 Å². The standard InChI is InChI=1S/C18H23N5O.C2HF3O2/c1-2-15-21-16(23-22-15)13-3-5-14(6-4-13)17(24)19-11-12-9-18(10-12)7-8-20-18;3-2(4,5)1(6)7/h3-6,12,20H,2,7-11H2,1H3,(H,19,24)(H,21,22,23);(H,6,7). The number of carboxylic acids is 1. The number of hydrogen-bond donors (Lipinski definition) is 4. The van der Waals surface area contributed by atoms with E-state index in [1.807, 2.05) is 31.2 Å². The van der Waals surface area contributed by atoms with Crippen LogP contribution in [0.2, 0.25) is 0 Å². The third-order valence-electron chi connectivity index (χ3n) is 5.53. The molecule has 4 N–H and O–H groups in total. The lowest BCUT2D eigenvalue weighted by Gasteiger charge is -2.55. The van der Waals surface area contributed by atoms with Gasteiger partial charge in [0.2, 0.25) is 0 Å². The molecule has 1 saturated heterocycles. The first-order valence-corrected chi connectivity index (χ1v) is 9.97. The normalized spacial score (nSPS) is 22.0. The quantitative estimate of drug-likeness (QED) is 0.568. The van der Waals surface area contributed by atoms with Crippen LogP contribution in [0, 0.1) is 5.92 Å². The van der Waals surface area contributed by atoms with Gasteiger partial charge < -0.3 is 15.7 Å². The molecular formula is C20H24F3N5O3. The maximum Gasteiger partial charge on any atom is 0.490 e. The first kappa shape index (κ1) is 22.7. The number of aryl methyl sites for hydroxylation is 1. The lowest BCUT2D eigenvalue weighted by molar-refractivity contribution is -0.192. The number of carbonyl (C=O) groups is 2. The molecular weight excluding hydrogens is 415 g/mol. The molecule has 0 radical (unpaired) electrons. The monoisotopic (exact) mass is 439 g/mol. The van der Waals surface area contributed by atoms with Crippen LogP contribution < -0.4 is 10.6 Å². The van der Waals surface area contributed by atoms with Gasteiger partial charge in [0.25, 0.3) is 5.91 Å². The Morgan fingerprint density at radius 1 is 1.26 bits per heavy atom. The predicted octanol–water partition coefficient (Wildman–Crippen LogP) is 2.54. The molecule has 8 nitrogen and oxygen atoms in total. The number of aliphatic carboxylic acids is 1. The van der Waals surface area contributed by atoms with E-state index in [9.17, 15) is 18.0 Å². The van der Waals surface area contributed by atoms with Gasteiger partial charge in [-0.25, -0.2) is 9.78 Å². The van der Waals surface area contributed by atoms with Crippen molar-refractivity contribution in [3.05, 3.63) is 35.7 Å². The molecule has 1 aromatic carbocycles. The molecule has 1 aliphatic carbocycles. The van der Waals surface area contributed by atoms with E-state index in [1.54, 1.807) is 0 Å². The molecule has 1 saturated carbocycles. The fourth-order valence-corrected chi connectivity index (χ4v) is 3.71. The third kappa shape index (κ3) is 5.60. The molecule has 4 rings (SSSR count). The molecule has 2 fully saturated rings. The van der Waals surface area contributed by atoms with Gasteiger partial charge in [0.1, 0.15) is 5.82 Å². The van der Waals surface area contributed by atoms with Crippen molar-refractivity contribution in [3.63, 3.8) is 0 Å². The van der Waals surface area contributed by atoms with E-state index in [0.717, 1.165) is 30.9 Å². The van der Waals surface area contributed by atoms with E-state index >= 15 is 0 Å². The van der Waals surface area contributed by atoms with Gasteiger partial charge in [-0.05, 0) is 43.9 Å². The van der Waals surface area contributed by atoms with Crippen LogP contribution in [-0.4, -0.2) is 57.0 Å². The Bertz CT molecular complexity index is 915. The van der Waals surface area contributed by atoms with Crippen molar-refractivity contribution in [1.29, 1.82) is 0 Å². The molecule has 0 bridgehead atoms. The molecule has 1 spiro atoms. The second-order valence-electron chi connectivity index (χ2n) is 7.78. The fourth-order valence-electron chi connectivity index (χ4n) is 3.71. The van der Waals surface area contributed by atoms with Crippen molar-refractivity contribution in [2.24, 2.45) is 5.92 Å². The zero-order valence-corrected chi connectivity index (χ0v) is 16.9. The summed E-state index contributed by atoms with van der Waals surface area (Å²) in [6.07, 6.45) is -0.584. The summed E-state index contributed by atoms with van der Waals surface area (Å²) in [5, 5.41) is 20.8. The number of halogens is 3. The van der Waals surface area contributed by atoms with Crippen LogP contribution >= 0.6 is 0 Å². The average Bonchev–Trinajstić information content (AvgIpc) is 3.14. The molecule has 31 heavy (non-hydrogen) atoms. The van der Waals surface area contributed by atoms with Crippen molar-refractivity contribution < 1.29 is 27.9 Å². The lowest BCUT2D eigenvalue weighted by atomic mass is 9.63. The molecule has 11 heteroatoms. The number of hydrogen-bond acceptors (Lipinski definition) is 5. The van der Waals surface area contributed by atoms with Crippen molar-refractivity contribution in [1.82, 2.24) is 25.8 Å². The summed E-state index contributed by atoms with van der Waals surface area (Å²) in [6, 6.07) is 7.47. The first-order valence-electron chi connectivity index (χ1n) is 9.97. The van der Waals surface area contributed by atoms with Crippen LogP contribution in [0.4, 0.5) is 13.2 Å². The fraction of sp³-hybridized carbons (Fsp3) is 0.500. The second-order valence-corrected chi connectivity index (χ2v) is 7.78. The maximum atomic E-state index is 12.3. The molecule has 2 aliphatic rings. The van der Waals surface area contributed by atoms with E-state index in [-0.39, 0.29) is 5.91 Å². The van der Waals surface area contributed by atoms with Crippen LogP contribution in [-0.2, 0) is 11.2 Å². The number of alkyl halides is 3. The van der Waals surface area contributed by atoms with Gasteiger partial charge >= 0.3 is 12.1 Å². The first-order chi connectivity index (χ1) is 14.6. The number of nitrogens with one attached hydrogen (secondary N) is 3. The van der Waals surface area contributed by atoms with Crippen LogP contribution in [0.3, 0.4) is 0 Å². The molecule has 1 aliphatic heterocycles. The molecule has 2 aromatic rings. The Balaban J connectivity index is 0.000000339. The summed E-state index contributed by atoms with van der Waals surface area (Å²) in [5.41, 5.74) is 2.02. The van der Waals surface area contributed by atoms with E-state index in [4.69, 9.17) is 9.90 Å². The van der Waals surface area contributed by atoms with Crippen molar-refractivity contribution in [3.8, 4) is 11.4 Å². The zero-order chi connectivity index (χ0) is 22.6. The van der Waals surface area contributed by atoms with Crippen LogP contribution in [0.5, 0.6) is 0 Å². The molecule has 0 unspecified atom stereocenters. The highest BCUT2D eigenvalue weighted by molar-refractivity contribution is 5.94. The number of benzene rings is 1.